The summed E-state index contributed by atoms with van der Waals surface area (Å²) in [5.74, 6) is -3.94. The minimum absolute atomic E-state index is 0.0537. The predicted molar refractivity (Wildman–Crippen MR) is 187 cm³/mol. The molecule has 6 N–H and O–H groups in total. The average molecular weight is 705 g/mol. The van der Waals surface area contributed by atoms with Crippen LogP contribution in [0.1, 0.15) is 96.4 Å². The minimum atomic E-state index is -1.29. The second kappa shape index (κ2) is 17.3. The van der Waals surface area contributed by atoms with Gasteiger partial charge in [0.1, 0.15) is 34.6 Å². The zero-order valence-electron chi connectivity index (χ0n) is 29.1. The monoisotopic (exact) mass is 704 g/mol. The van der Waals surface area contributed by atoms with E-state index in [0.29, 0.717) is 49.7 Å². The van der Waals surface area contributed by atoms with E-state index in [1.54, 1.807) is 19.1 Å². The second-order valence-electron chi connectivity index (χ2n) is 12.3. The summed E-state index contributed by atoms with van der Waals surface area (Å²) in [7, 11) is 4.22. The van der Waals surface area contributed by atoms with Crippen molar-refractivity contribution in [3.63, 3.8) is 0 Å². The van der Waals surface area contributed by atoms with E-state index in [0.717, 1.165) is 0 Å². The third kappa shape index (κ3) is 9.30. The number of nitrogens with two attached hydrogens (primary N) is 1. The van der Waals surface area contributed by atoms with E-state index in [1.165, 1.54) is 63.8 Å². The number of nitrogens with one attached hydrogen (secondary N) is 1. The number of hydrogen-bond donors (Lipinski definition) is 5. The normalized spacial score (nSPS) is 16.5. The Morgan fingerprint density at radius 1 is 0.941 bits per heavy atom. The molecule has 2 amide bonds. The van der Waals surface area contributed by atoms with E-state index in [4.69, 9.17) is 24.7 Å². The Hall–Kier alpha value is -5.72. The van der Waals surface area contributed by atoms with Gasteiger partial charge in [-0.1, -0.05) is 24.3 Å². The number of fused-ring (bicyclic) bond motifs is 1. The van der Waals surface area contributed by atoms with E-state index >= 15 is 0 Å². The van der Waals surface area contributed by atoms with Crippen molar-refractivity contribution in [2.45, 2.75) is 69.9 Å². The number of aromatic hydroxyl groups is 3. The van der Waals surface area contributed by atoms with Gasteiger partial charge in [0.05, 0.1) is 27.4 Å². The SMILES string of the molecule is COc1cc(C(CC(=O)N[C@@H](C(N)=O)c2ccc(O)cc2)c2c(O)cc3c(c2O)C(=O)O[C@@H](C)CCCC(=O)CCCC=C3)cc(OC)c1OC. The van der Waals surface area contributed by atoms with Gasteiger partial charge in [0, 0.05) is 30.7 Å². The molecule has 0 radical (unpaired) electrons. The fourth-order valence-corrected chi connectivity index (χ4v) is 6.10. The summed E-state index contributed by atoms with van der Waals surface area (Å²) in [4.78, 5) is 52.2. The summed E-state index contributed by atoms with van der Waals surface area (Å²) in [6.45, 7) is 1.69. The maximum atomic E-state index is 13.8. The smallest absolute Gasteiger partial charge is 0.342 e. The molecule has 272 valence electrons. The number of cyclic esters (lactones) is 1. The first-order valence-corrected chi connectivity index (χ1v) is 16.5. The lowest BCUT2D eigenvalue weighted by atomic mass is 9.84. The number of rotatable bonds is 10. The number of amides is 2. The molecule has 0 aromatic heterocycles. The van der Waals surface area contributed by atoms with E-state index in [1.807, 2.05) is 0 Å². The van der Waals surface area contributed by atoms with Crippen molar-refractivity contribution < 1.29 is 53.4 Å². The van der Waals surface area contributed by atoms with E-state index < -0.39 is 53.8 Å². The zero-order chi connectivity index (χ0) is 37.2. The van der Waals surface area contributed by atoms with Crippen molar-refractivity contribution in [3.05, 3.63) is 76.4 Å². The molecule has 13 heteroatoms. The predicted octanol–water partition coefficient (Wildman–Crippen LogP) is 5.18. The van der Waals surface area contributed by atoms with Gasteiger partial charge in [0.15, 0.2) is 11.5 Å². The quantitative estimate of drug-likeness (QED) is 0.174. The molecule has 13 nitrogen and oxygen atoms in total. The molecular formula is C38H44N2O11. The van der Waals surface area contributed by atoms with Crippen LogP contribution < -0.4 is 25.3 Å². The fourth-order valence-electron chi connectivity index (χ4n) is 6.10. The largest absolute Gasteiger partial charge is 0.508 e. The molecule has 0 aliphatic carbocycles. The number of ether oxygens (including phenoxy) is 4. The van der Waals surface area contributed by atoms with Gasteiger partial charge in [0.25, 0.3) is 0 Å². The van der Waals surface area contributed by atoms with Crippen LogP contribution in [0.15, 0.2) is 48.5 Å². The lowest BCUT2D eigenvalue weighted by molar-refractivity contribution is -0.127. The molecule has 3 atom stereocenters. The first-order valence-electron chi connectivity index (χ1n) is 16.5. The first kappa shape index (κ1) is 38.1. The molecule has 4 rings (SSSR count). The average Bonchev–Trinajstić information content (AvgIpc) is 3.09. The summed E-state index contributed by atoms with van der Waals surface area (Å²) in [6.07, 6.45) is 5.06. The summed E-state index contributed by atoms with van der Waals surface area (Å²) in [6, 6.07) is 8.65. The van der Waals surface area contributed by atoms with Gasteiger partial charge < -0.3 is 45.3 Å². The highest BCUT2D eigenvalue weighted by Crippen LogP contribution is 2.48. The summed E-state index contributed by atoms with van der Waals surface area (Å²) in [5.41, 5.74) is 6.03. The Labute approximate surface area is 296 Å². The molecule has 0 saturated carbocycles. The Kier molecular flexibility index (Phi) is 12.9. The summed E-state index contributed by atoms with van der Waals surface area (Å²) < 4.78 is 22.3. The number of carbonyl (C=O) groups excluding carboxylic acids is 4. The lowest BCUT2D eigenvalue weighted by Crippen LogP contribution is -2.38. The number of carbonyl (C=O) groups is 4. The lowest BCUT2D eigenvalue weighted by Gasteiger charge is -2.25. The topological polar surface area (TPSA) is 204 Å². The van der Waals surface area contributed by atoms with Crippen LogP contribution in [-0.2, 0) is 19.1 Å². The van der Waals surface area contributed by atoms with Crippen LogP contribution in [0.3, 0.4) is 0 Å². The summed E-state index contributed by atoms with van der Waals surface area (Å²) in [5, 5.41) is 35.8. The number of primary amides is 1. The van der Waals surface area contributed by atoms with Gasteiger partial charge in [-0.3, -0.25) is 14.4 Å². The number of Topliss-reactive ketones (excluding diaryl/α,β-unsaturated/α-hetero) is 1. The van der Waals surface area contributed by atoms with Crippen molar-refractivity contribution in [2.75, 3.05) is 21.3 Å². The molecule has 1 aliphatic rings. The maximum absolute atomic E-state index is 13.8. The number of phenolic OH excluding ortho intramolecular Hbond substituents is 3. The number of allylic oxidation sites excluding steroid dienone is 1. The number of benzene rings is 3. The number of phenols is 3. The molecule has 3 aromatic rings. The third-order valence-electron chi connectivity index (χ3n) is 8.69. The molecular weight excluding hydrogens is 660 g/mol. The molecule has 3 aromatic carbocycles. The number of hydrogen-bond acceptors (Lipinski definition) is 11. The zero-order valence-corrected chi connectivity index (χ0v) is 29.1. The van der Waals surface area contributed by atoms with E-state index in [-0.39, 0.29) is 45.5 Å². The molecule has 0 saturated heterocycles. The van der Waals surface area contributed by atoms with Crippen LogP contribution in [0.4, 0.5) is 0 Å². The summed E-state index contributed by atoms with van der Waals surface area (Å²) >= 11 is 0. The Balaban J connectivity index is 1.88. The van der Waals surface area contributed by atoms with Crippen LogP contribution in [-0.4, -0.2) is 66.3 Å². The van der Waals surface area contributed by atoms with Gasteiger partial charge in [-0.2, -0.15) is 0 Å². The van der Waals surface area contributed by atoms with Crippen molar-refractivity contribution in [1.82, 2.24) is 5.32 Å². The van der Waals surface area contributed by atoms with Crippen molar-refractivity contribution in [1.29, 1.82) is 0 Å². The van der Waals surface area contributed by atoms with E-state index in [9.17, 15) is 34.5 Å². The molecule has 1 heterocycles. The van der Waals surface area contributed by atoms with Gasteiger partial charge in [0.2, 0.25) is 17.6 Å². The molecule has 0 fully saturated rings. The molecule has 1 unspecified atom stereocenters. The van der Waals surface area contributed by atoms with Crippen LogP contribution in [0, 0.1) is 0 Å². The molecule has 1 aliphatic heterocycles. The number of esters is 1. The fraction of sp³-hybridized carbons (Fsp3) is 0.368. The van der Waals surface area contributed by atoms with Crippen molar-refractivity contribution >= 4 is 29.6 Å². The van der Waals surface area contributed by atoms with Gasteiger partial charge >= 0.3 is 5.97 Å². The second-order valence-corrected chi connectivity index (χ2v) is 12.3. The first-order chi connectivity index (χ1) is 24.4. The third-order valence-corrected chi connectivity index (χ3v) is 8.69. The van der Waals surface area contributed by atoms with Gasteiger partial charge in [-0.25, -0.2) is 4.79 Å². The number of methoxy groups -OCH3 is 3. The highest BCUT2D eigenvalue weighted by atomic mass is 16.5. The number of ketones is 1. The van der Waals surface area contributed by atoms with Crippen molar-refractivity contribution in [3.8, 4) is 34.5 Å². The Morgan fingerprint density at radius 2 is 1.59 bits per heavy atom. The van der Waals surface area contributed by atoms with Crippen LogP contribution in [0.5, 0.6) is 34.5 Å². The molecule has 51 heavy (non-hydrogen) atoms. The Bertz CT molecular complexity index is 1760. The van der Waals surface area contributed by atoms with Gasteiger partial charge in [-0.05, 0) is 79.6 Å². The van der Waals surface area contributed by atoms with Crippen LogP contribution in [0.2, 0.25) is 0 Å². The van der Waals surface area contributed by atoms with Crippen LogP contribution in [0.25, 0.3) is 6.08 Å². The molecule has 0 spiro atoms. The van der Waals surface area contributed by atoms with Gasteiger partial charge in [-0.15, -0.1) is 0 Å². The maximum Gasteiger partial charge on any atom is 0.342 e. The highest BCUT2D eigenvalue weighted by molar-refractivity contribution is 5.98. The standard InChI is InChI=1S/C38H44N2O11/c1-21-9-8-12-25(41)11-7-5-6-10-23-17-28(43)33(35(45)32(23)38(47)51-21)27(24-18-29(48-2)36(50-4)30(19-24)49-3)20-31(44)40-34(37(39)46)22-13-15-26(42)16-14-22/h6,10,13-19,21,27,34,42-43,45H,5,7-9,11-12,20H2,1-4H3,(H2,39,46)(H,40,44)/t21-,27?,34+/m0/s1. The van der Waals surface area contributed by atoms with E-state index in [2.05, 4.69) is 5.32 Å². The highest BCUT2D eigenvalue weighted by Gasteiger charge is 2.33. The molecule has 0 bridgehead atoms. The Morgan fingerprint density at radius 3 is 2.20 bits per heavy atom. The van der Waals surface area contributed by atoms with Crippen LogP contribution >= 0.6 is 0 Å². The minimum Gasteiger partial charge on any atom is -0.508 e. The van der Waals surface area contributed by atoms with Crippen molar-refractivity contribution in [2.24, 2.45) is 5.73 Å².